The molecule has 0 aliphatic heterocycles. The SMILES string of the molecule is Cc1cc(C)cc(NC(=O)Cn2c(=O)n(-c3ccc(C)c(F)c3)c(=O)c3sc4ccccc4c32)c1. The Balaban J connectivity index is 1.72. The Bertz CT molecular complexity index is 1740. The zero-order valence-corrected chi connectivity index (χ0v) is 20.2. The lowest BCUT2D eigenvalue weighted by molar-refractivity contribution is -0.116. The summed E-state index contributed by atoms with van der Waals surface area (Å²) in [5.41, 5.74) is 2.30. The van der Waals surface area contributed by atoms with Gasteiger partial charge in [-0.2, -0.15) is 0 Å². The number of hydrogen-bond acceptors (Lipinski definition) is 4. The lowest BCUT2D eigenvalue weighted by atomic mass is 10.1. The molecule has 35 heavy (non-hydrogen) atoms. The predicted molar refractivity (Wildman–Crippen MR) is 138 cm³/mol. The molecule has 5 aromatic rings. The van der Waals surface area contributed by atoms with Gasteiger partial charge in [-0.3, -0.25) is 14.2 Å². The Morgan fingerprint density at radius 2 is 1.69 bits per heavy atom. The van der Waals surface area contributed by atoms with Crippen molar-refractivity contribution in [3.63, 3.8) is 0 Å². The van der Waals surface area contributed by atoms with E-state index in [1.807, 2.05) is 56.3 Å². The molecule has 0 atom stereocenters. The molecule has 8 heteroatoms. The van der Waals surface area contributed by atoms with E-state index in [9.17, 15) is 18.8 Å². The first kappa shape index (κ1) is 22.7. The van der Waals surface area contributed by atoms with Gasteiger partial charge in [0.2, 0.25) is 5.91 Å². The van der Waals surface area contributed by atoms with Gasteiger partial charge in [-0.25, -0.2) is 13.8 Å². The Labute approximate surface area is 203 Å². The number of fused-ring (bicyclic) bond motifs is 3. The number of halogens is 1. The van der Waals surface area contributed by atoms with E-state index in [1.54, 1.807) is 6.92 Å². The summed E-state index contributed by atoms with van der Waals surface area (Å²) in [6, 6.07) is 17.2. The average Bonchev–Trinajstić information content (AvgIpc) is 3.18. The van der Waals surface area contributed by atoms with Crippen LogP contribution in [0.3, 0.4) is 0 Å². The molecule has 0 aliphatic carbocycles. The zero-order valence-electron chi connectivity index (χ0n) is 19.4. The summed E-state index contributed by atoms with van der Waals surface area (Å²) in [5.74, 6) is -0.932. The third-order valence-electron chi connectivity index (χ3n) is 5.88. The van der Waals surface area contributed by atoms with Gasteiger partial charge < -0.3 is 5.32 Å². The summed E-state index contributed by atoms with van der Waals surface area (Å²) in [4.78, 5) is 40.2. The minimum Gasteiger partial charge on any atom is -0.325 e. The molecular formula is C27H22FN3O3S. The van der Waals surface area contributed by atoms with Crippen molar-refractivity contribution >= 4 is 43.2 Å². The highest BCUT2D eigenvalue weighted by Gasteiger charge is 2.21. The fraction of sp³-hybridized carbons (Fsp3) is 0.148. The number of thiophene rings is 1. The third kappa shape index (κ3) is 4.06. The van der Waals surface area contributed by atoms with E-state index in [2.05, 4.69) is 5.32 Å². The van der Waals surface area contributed by atoms with Crippen LogP contribution in [0.4, 0.5) is 10.1 Å². The summed E-state index contributed by atoms with van der Waals surface area (Å²) in [6.45, 7) is 5.17. The predicted octanol–water partition coefficient (Wildman–Crippen LogP) is 5.07. The molecule has 0 saturated carbocycles. The van der Waals surface area contributed by atoms with Crippen molar-refractivity contribution < 1.29 is 9.18 Å². The van der Waals surface area contributed by atoms with E-state index < -0.39 is 23.0 Å². The van der Waals surface area contributed by atoms with Crippen LogP contribution in [0.5, 0.6) is 0 Å². The quantitative estimate of drug-likeness (QED) is 0.385. The lowest BCUT2D eigenvalue weighted by Gasteiger charge is -2.14. The van der Waals surface area contributed by atoms with Gasteiger partial charge in [0.25, 0.3) is 5.56 Å². The van der Waals surface area contributed by atoms with Crippen LogP contribution in [-0.2, 0) is 11.3 Å². The average molecular weight is 488 g/mol. The first-order valence-corrected chi connectivity index (χ1v) is 11.9. The second-order valence-electron chi connectivity index (χ2n) is 8.64. The molecule has 3 aromatic carbocycles. The number of nitrogens with one attached hydrogen (secondary N) is 1. The van der Waals surface area contributed by atoms with Gasteiger partial charge >= 0.3 is 5.69 Å². The van der Waals surface area contributed by atoms with Crippen LogP contribution in [0.15, 0.2) is 70.3 Å². The van der Waals surface area contributed by atoms with Crippen LogP contribution < -0.4 is 16.6 Å². The Morgan fingerprint density at radius 3 is 2.40 bits per heavy atom. The van der Waals surface area contributed by atoms with Crippen molar-refractivity contribution in [2.75, 3.05) is 5.32 Å². The lowest BCUT2D eigenvalue weighted by Crippen LogP contribution is -2.40. The topological polar surface area (TPSA) is 73.1 Å². The maximum absolute atomic E-state index is 14.3. The van der Waals surface area contributed by atoms with Gasteiger partial charge in [-0.05, 0) is 67.8 Å². The van der Waals surface area contributed by atoms with Crippen LogP contribution in [0.25, 0.3) is 26.0 Å². The standard InChI is InChI=1S/C27H22FN3O3S/c1-15-10-16(2)12-18(11-15)29-23(32)14-30-24-20-6-4-5-7-22(20)35-25(24)26(33)31(27(30)34)19-9-8-17(3)21(28)13-19/h4-13H,14H2,1-3H3,(H,29,32). The van der Waals surface area contributed by atoms with E-state index in [1.165, 1.54) is 28.0 Å². The second kappa shape index (κ2) is 8.63. The number of carbonyl (C=O) groups excluding carboxylic acids is 1. The fourth-order valence-corrected chi connectivity index (χ4v) is 5.47. The van der Waals surface area contributed by atoms with Crippen LogP contribution in [0.2, 0.25) is 0 Å². The third-order valence-corrected chi connectivity index (χ3v) is 7.03. The van der Waals surface area contributed by atoms with Gasteiger partial charge in [-0.1, -0.05) is 30.3 Å². The molecular weight excluding hydrogens is 465 g/mol. The number of rotatable bonds is 4. The van der Waals surface area contributed by atoms with Crippen LogP contribution in [0.1, 0.15) is 16.7 Å². The molecule has 0 aliphatic rings. The number of nitrogens with zero attached hydrogens (tertiary/aromatic N) is 2. The van der Waals surface area contributed by atoms with Crippen molar-refractivity contribution in [1.29, 1.82) is 0 Å². The highest BCUT2D eigenvalue weighted by molar-refractivity contribution is 7.25. The first-order chi connectivity index (χ1) is 16.7. The Morgan fingerprint density at radius 1 is 0.971 bits per heavy atom. The van der Waals surface area contributed by atoms with Crippen molar-refractivity contribution in [1.82, 2.24) is 9.13 Å². The summed E-state index contributed by atoms with van der Waals surface area (Å²) >= 11 is 1.24. The molecule has 1 N–H and O–H groups in total. The van der Waals surface area contributed by atoms with Gasteiger partial charge in [0.05, 0.1) is 11.2 Å². The molecule has 0 unspecified atom stereocenters. The first-order valence-electron chi connectivity index (χ1n) is 11.0. The molecule has 2 heterocycles. The number of benzene rings is 3. The monoisotopic (exact) mass is 487 g/mol. The van der Waals surface area contributed by atoms with Crippen LogP contribution in [-0.4, -0.2) is 15.0 Å². The maximum Gasteiger partial charge on any atom is 0.336 e. The highest BCUT2D eigenvalue weighted by Crippen LogP contribution is 2.31. The zero-order chi connectivity index (χ0) is 24.9. The Kier molecular flexibility index (Phi) is 5.61. The molecule has 6 nitrogen and oxygen atoms in total. The smallest absolute Gasteiger partial charge is 0.325 e. The van der Waals surface area contributed by atoms with Crippen LogP contribution in [0, 0.1) is 26.6 Å². The van der Waals surface area contributed by atoms with Gasteiger partial charge in [0, 0.05) is 15.8 Å². The number of amides is 1. The van der Waals surface area contributed by atoms with E-state index >= 15 is 0 Å². The summed E-state index contributed by atoms with van der Waals surface area (Å²) < 4.78 is 17.7. The number of carbonyl (C=O) groups is 1. The molecule has 2 aromatic heterocycles. The van der Waals surface area contributed by atoms with E-state index in [0.717, 1.165) is 26.5 Å². The van der Waals surface area contributed by atoms with Crippen molar-refractivity contribution in [3.05, 3.63) is 104 Å². The van der Waals surface area contributed by atoms with Crippen LogP contribution >= 0.6 is 11.3 Å². The highest BCUT2D eigenvalue weighted by atomic mass is 32.1. The minimum absolute atomic E-state index is 0.117. The van der Waals surface area contributed by atoms with E-state index in [-0.39, 0.29) is 12.2 Å². The largest absolute Gasteiger partial charge is 0.336 e. The van der Waals surface area contributed by atoms with Crippen molar-refractivity contribution in [3.8, 4) is 5.69 Å². The van der Waals surface area contributed by atoms with Crippen molar-refractivity contribution in [2.45, 2.75) is 27.3 Å². The van der Waals surface area contributed by atoms with Gasteiger partial charge in [0.15, 0.2) is 0 Å². The minimum atomic E-state index is -0.704. The molecule has 0 bridgehead atoms. The maximum atomic E-state index is 14.3. The molecule has 1 amide bonds. The summed E-state index contributed by atoms with van der Waals surface area (Å²) in [5, 5.41) is 3.56. The summed E-state index contributed by atoms with van der Waals surface area (Å²) in [6.07, 6.45) is 0. The number of aromatic nitrogens is 2. The van der Waals surface area contributed by atoms with Gasteiger partial charge in [0.1, 0.15) is 17.1 Å². The molecule has 5 rings (SSSR count). The normalized spacial score (nSPS) is 11.3. The van der Waals surface area contributed by atoms with E-state index in [4.69, 9.17) is 0 Å². The molecule has 0 saturated heterocycles. The van der Waals surface area contributed by atoms with Crippen molar-refractivity contribution in [2.24, 2.45) is 0 Å². The van der Waals surface area contributed by atoms with E-state index in [0.29, 0.717) is 26.9 Å². The van der Waals surface area contributed by atoms with Gasteiger partial charge in [-0.15, -0.1) is 11.3 Å². The second-order valence-corrected chi connectivity index (χ2v) is 9.70. The number of hydrogen-bond donors (Lipinski definition) is 1. The molecule has 0 spiro atoms. The fourth-order valence-electron chi connectivity index (χ4n) is 4.34. The Hall–Kier alpha value is -4.04. The summed E-state index contributed by atoms with van der Waals surface area (Å²) in [7, 11) is 0. The molecule has 0 radical (unpaired) electrons. The number of aryl methyl sites for hydroxylation is 3. The molecule has 176 valence electrons. The number of anilines is 1. The molecule has 0 fully saturated rings.